The summed E-state index contributed by atoms with van der Waals surface area (Å²) in [6.45, 7) is 9.98. The van der Waals surface area contributed by atoms with E-state index in [0.29, 0.717) is 0 Å². The van der Waals surface area contributed by atoms with E-state index in [2.05, 4.69) is 35.1 Å². The number of anilines is 1. The molecule has 1 N–H and O–H groups in total. The lowest BCUT2D eigenvalue weighted by atomic mass is 10.1. The number of nitrogens with zero attached hydrogens (tertiary/aromatic N) is 2. The summed E-state index contributed by atoms with van der Waals surface area (Å²) in [5.74, 6) is 0.985. The van der Waals surface area contributed by atoms with Gasteiger partial charge in [0.05, 0.1) is 12.8 Å². The Kier molecular flexibility index (Phi) is 5.81. The Morgan fingerprint density at radius 3 is 2.86 bits per heavy atom. The summed E-state index contributed by atoms with van der Waals surface area (Å²) in [4.78, 5) is 6.77. The molecule has 0 saturated carbocycles. The van der Waals surface area contributed by atoms with Crippen molar-refractivity contribution >= 4 is 5.69 Å². The largest absolute Gasteiger partial charge is 0.467 e. The second-order valence-electron chi connectivity index (χ2n) is 5.22. The van der Waals surface area contributed by atoms with Crippen LogP contribution in [0.2, 0.25) is 0 Å². The van der Waals surface area contributed by atoms with Crippen LogP contribution in [0.3, 0.4) is 0 Å². The molecular formula is C17H25N3O. The van der Waals surface area contributed by atoms with Gasteiger partial charge in [-0.3, -0.25) is 4.98 Å². The highest BCUT2D eigenvalue weighted by atomic mass is 16.3. The van der Waals surface area contributed by atoms with Crippen LogP contribution in [0.5, 0.6) is 0 Å². The lowest BCUT2D eigenvalue weighted by molar-refractivity contribution is 0.503. The normalized spacial score (nSPS) is 10.8. The zero-order valence-corrected chi connectivity index (χ0v) is 13.2. The third-order valence-corrected chi connectivity index (χ3v) is 3.49. The molecule has 0 bridgehead atoms. The van der Waals surface area contributed by atoms with E-state index in [1.807, 2.05) is 25.3 Å². The Morgan fingerprint density at radius 2 is 2.19 bits per heavy atom. The second-order valence-corrected chi connectivity index (χ2v) is 5.22. The first kappa shape index (κ1) is 15.6. The highest BCUT2D eigenvalue weighted by molar-refractivity contribution is 5.53. The number of pyridine rings is 1. The van der Waals surface area contributed by atoms with Crippen molar-refractivity contribution in [3.63, 3.8) is 0 Å². The Balaban J connectivity index is 2.19. The Bertz CT molecular complexity index is 537. The molecule has 21 heavy (non-hydrogen) atoms. The van der Waals surface area contributed by atoms with Crippen molar-refractivity contribution in [2.75, 3.05) is 18.0 Å². The van der Waals surface area contributed by atoms with Crippen LogP contribution in [-0.4, -0.2) is 18.1 Å². The molecule has 0 unspecified atom stereocenters. The van der Waals surface area contributed by atoms with E-state index in [-0.39, 0.29) is 0 Å². The summed E-state index contributed by atoms with van der Waals surface area (Å²) in [6.07, 6.45) is 4.85. The predicted octanol–water partition coefficient (Wildman–Crippen LogP) is 3.51. The number of furan rings is 1. The first-order chi connectivity index (χ1) is 10.2. The van der Waals surface area contributed by atoms with Crippen LogP contribution < -0.4 is 10.2 Å². The van der Waals surface area contributed by atoms with Gasteiger partial charge in [-0.2, -0.15) is 0 Å². The quantitative estimate of drug-likeness (QED) is 0.754. The van der Waals surface area contributed by atoms with E-state index in [1.165, 1.54) is 11.3 Å². The molecule has 4 heteroatoms. The third kappa shape index (κ3) is 4.33. The van der Waals surface area contributed by atoms with Gasteiger partial charge in [-0.25, -0.2) is 0 Å². The fraction of sp³-hybridized carbons (Fsp3) is 0.471. The third-order valence-electron chi connectivity index (χ3n) is 3.49. The molecule has 0 amide bonds. The van der Waals surface area contributed by atoms with Crippen molar-refractivity contribution in [1.82, 2.24) is 10.3 Å². The molecule has 0 aliphatic heterocycles. The van der Waals surface area contributed by atoms with Crippen molar-refractivity contribution in [1.29, 1.82) is 0 Å². The van der Waals surface area contributed by atoms with Crippen molar-refractivity contribution in [2.45, 2.75) is 40.3 Å². The molecule has 4 nitrogen and oxygen atoms in total. The summed E-state index contributed by atoms with van der Waals surface area (Å²) >= 11 is 0. The molecule has 0 fully saturated rings. The van der Waals surface area contributed by atoms with Crippen LogP contribution >= 0.6 is 0 Å². The topological polar surface area (TPSA) is 41.3 Å². The molecule has 0 saturated heterocycles. The zero-order valence-electron chi connectivity index (χ0n) is 13.2. The van der Waals surface area contributed by atoms with Gasteiger partial charge >= 0.3 is 0 Å². The van der Waals surface area contributed by atoms with Gasteiger partial charge in [0.15, 0.2) is 0 Å². The van der Waals surface area contributed by atoms with Crippen LogP contribution in [0.25, 0.3) is 0 Å². The molecule has 0 spiro atoms. The first-order valence-electron chi connectivity index (χ1n) is 7.68. The van der Waals surface area contributed by atoms with Crippen LogP contribution in [0, 0.1) is 6.92 Å². The number of aryl methyl sites for hydroxylation is 1. The minimum Gasteiger partial charge on any atom is -0.467 e. The smallest absolute Gasteiger partial charge is 0.123 e. The van der Waals surface area contributed by atoms with Crippen molar-refractivity contribution in [3.8, 4) is 0 Å². The van der Waals surface area contributed by atoms with Crippen molar-refractivity contribution < 1.29 is 4.42 Å². The fourth-order valence-electron chi connectivity index (χ4n) is 2.36. The molecule has 0 aliphatic carbocycles. The number of hydrogen-bond donors (Lipinski definition) is 1. The zero-order chi connectivity index (χ0) is 15.1. The van der Waals surface area contributed by atoms with Gasteiger partial charge in [-0.05, 0) is 45.0 Å². The maximum absolute atomic E-state index is 5.48. The molecule has 2 aromatic rings. The second kappa shape index (κ2) is 7.84. The highest BCUT2D eigenvalue weighted by Gasteiger charge is 2.12. The van der Waals surface area contributed by atoms with Gasteiger partial charge in [-0.1, -0.05) is 6.92 Å². The van der Waals surface area contributed by atoms with Crippen molar-refractivity contribution in [2.24, 2.45) is 0 Å². The monoisotopic (exact) mass is 287 g/mol. The van der Waals surface area contributed by atoms with Gasteiger partial charge in [0, 0.05) is 36.2 Å². The summed E-state index contributed by atoms with van der Waals surface area (Å²) in [5, 5.41) is 3.46. The summed E-state index contributed by atoms with van der Waals surface area (Å²) < 4.78 is 5.48. The average molecular weight is 287 g/mol. The van der Waals surface area contributed by atoms with E-state index in [0.717, 1.165) is 44.1 Å². The van der Waals surface area contributed by atoms with Crippen LogP contribution in [-0.2, 0) is 13.1 Å². The Labute approximate surface area is 127 Å². The van der Waals surface area contributed by atoms with Crippen LogP contribution in [0.15, 0.2) is 35.1 Å². The summed E-state index contributed by atoms with van der Waals surface area (Å²) in [5.41, 5.74) is 3.52. The molecular weight excluding hydrogens is 262 g/mol. The van der Waals surface area contributed by atoms with Crippen LogP contribution in [0.1, 0.15) is 37.3 Å². The molecule has 2 heterocycles. The minimum atomic E-state index is 0.785. The maximum atomic E-state index is 5.48. The number of aromatic nitrogens is 1. The van der Waals surface area contributed by atoms with E-state index in [9.17, 15) is 0 Å². The van der Waals surface area contributed by atoms with Crippen LogP contribution in [0.4, 0.5) is 5.69 Å². The minimum absolute atomic E-state index is 0.785. The van der Waals surface area contributed by atoms with Gasteiger partial charge in [-0.15, -0.1) is 0 Å². The SMILES string of the molecule is CCCNCc1cnc(C)cc1N(CC)Cc1ccco1. The first-order valence-corrected chi connectivity index (χ1v) is 7.68. The maximum Gasteiger partial charge on any atom is 0.123 e. The van der Waals surface area contributed by atoms with Gasteiger partial charge in [0.25, 0.3) is 0 Å². The number of hydrogen-bond acceptors (Lipinski definition) is 4. The number of nitrogens with one attached hydrogen (secondary N) is 1. The molecule has 2 aromatic heterocycles. The summed E-state index contributed by atoms with van der Waals surface area (Å²) in [7, 11) is 0. The van der Waals surface area contributed by atoms with Crippen molar-refractivity contribution in [3.05, 3.63) is 47.7 Å². The Hall–Kier alpha value is -1.81. The molecule has 0 atom stereocenters. The lowest BCUT2D eigenvalue weighted by Crippen LogP contribution is -2.25. The van der Waals surface area contributed by atoms with Gasteiger partial charge < -0.3 is 14.6 Å². The standard InChI is InChI=1S/C17H25N3O/c1-4-8-18-11-15-12-19-14(3)10-17(15)20(5-2)13-16-7-6-9-21-16/h6-7,9-10,12,18H,4-5,8,11,13H2,1-3H3. The predicted molar refractivity (Wildman–Crippen MR) is 86.4 cm³/mol. The van der Waals surface area contributed by atoms with E-state index in [4.69, 9.17) is 4.42 Å². The van der Waals surface area contributed by atoms with E-state index in [1.54, 1.807) is 6.26 Å². The molecule has 0 aliphatic rings. The van der Waals surface area contributed by atoms with E-state index >= 15 is 0 Å². The van der Waals surface area contributed by atoms with Gasteiger partial charge in [0.1, 0.15) is 5.76 Å². The average Bonchev–Trinajstić information content (AvgIpc) is 2.99. The lowest BCUT2D eigenvalue weighted by Gasteiger charge is -2.25. The van der Waals surface area contributed by atoms with Gasteiger partial charge in [0.2, 0.25) is 0 Å². The molecule has 2 rings (SSSR count). The van der Waals surface area contributed by atoms with E-state index < -0.39 is 0 Å². The molecule has 114 valence electrons. The fourth-order valence-corrected chi connectivity index (χ4v) is 2.36. The summed E-state index contributed by atoms with van der Waals surface area (Å²) in [6, 6.07) is 6.12. The molecule has 0 aromatic carbocycles. The highest BCUT2D eigenvalue weighted by Crippen LogP contribution is 2.23. The molecule has 0 radical (unpaired) electrons. The number of rotatable bonds is 8. The Morgan fingerprint density at radius 1 is 1.33 bits per heavy atom.